The van der Waals surface area contributed by atoms with Crippen LogP contribution in [0.4, 0.5) is 0 Å². The number of aliphatic hydroxyl groups excluding tert-OH is 1. The van der Waals surface area contributed by atoms with Gasteiger partial charge >= 0.3 is 0 Å². The number of carbonyl (C=O) groups is 1. The summed E-state index contributed by atoms with van der Waals surface area (Å²) in [5, 5.41) is 12.8. The Morgan fingerprint density at radius 3 is 2.67 bits per heavy atom. The van der Waals surface area contributed by atoms with Gasteiger partial charge in [-0.3, -0.25) is 9.69 Å². The normalized spacial score (nSPS) is 16.3. The zero-order valence-corrected chi connectivity index (χ0v) is 11.4. The van der Waals surface area contributed by atoms with Crippen LogP contribution < -0.4 is 5.32 Å². The van der Waals surface area contributed by atoms with Crippen LogP contribution in [0.3, 0.4) is 0 Å². The third kappa shape index (κ3) is 4.16. The molecule has 0 aliphatic rings. The molecule has 1 heterocycles. The van der Waals surface area contributed by atoms with Gasteiger partial charge in [-0.2, -0.15) is 0 Å². The van der Waals surface area contributed by atoms with Crippen molar-refractivity contribution in [2.45, 2.75) is 38.5 Å². The number of nitrogens with one attached hydrogen (secondary N) is 1. The molecule has 2 unspecified atom stereocenters. The molecule has 18 heavy (non-hydrogen) atoms. The van der Waals surface area contributed by atoms with E-state index in [0.717, 1.165) is 0 Å². The number of aliphatic hydroxyl groups is 1. The minimum atomic E-state index is -0.690. The maximum atomic E-state index is 11.8. The van der Waals surface area contributed by atoms with Crippen LogP contribution in [0.25, 0.3) is 0 Å². The topological polar surface area (TPSA) is 65.7 Å². The summed E-state index contributed by atoms with van der Waals surface area (Å²) >= 11 is 0. The van der Waals surface area contributed by atoms with E-state index in [1.165, 1.54) is 6.26 Å². The fraction of sp³-hybridized carbons (Fsp3) is 0.615. The highest BCUT2D eigenvalue weighted by molar-refractivity contribution is 5.81. The SMILES string of the molecule is CC(CC(O)c1ccco1)NC(=O)[C@H](C)N(C)C. The third-order valence-electron chi connectivity index (χ3n) is 2.99. The molecule has 0 aliphatic heterocycles. The van der Waals surface area contributed by atoms with Gasteiger partial charge in [-0.15, -0.1) is 0 Å². The van der Waals surface area contributed by atoms with E-state index in [4.69, 9.17) is 4.42 Å². The van der Waals surface area contributed by atoms with E-state index in [1.807, 2.05) is 32.8 Å². The highest BCUT2D eigenvalue weighted by atomic mass is 16.4. The highest BCUT2D eigenvalue weighted by Crippen LogP contribution is 2.18. The standard InChI is InChI=1S/C13H22N2O3/c1-9(14-13(17)10(2)15(3)4)8-11(16)12-6-5-7-18-12/h5-7,9-11,16H,8H2,1-4H3,(H,14,17)/t9?,10-,11?/m0/s1. The van der Waals surface area contributed by atoms with Gasteiger partial charge in [0.05, 0.1) is 12.3 Å². The van der Waals surface area contributed by atoms with Crippen molar-refractivity contribution in [3.05, 3.63) is 24.2 Å². The monoisotopic (exact) mass is 254 g/mol. The van der Waals surface area contributed by atoms with Crippen molar-refractivity contribution in [3.8, 4) is 0 Å². The lowest BCUT2D eigenvalue weighted by Gasteiger charge is -2.22. The van der Waals surface area contributed by atoms with Crippen LogP contribution in [-0.4, -0.2) is 42.1 Å². The molecule has 1 amide bonds. The second-order valence-electron chi connectivity index (χ2n) is 4.82. The predicted molar refractivity (Wildman–Crippen MR) is 69.0 cm³/mol. The van der Waals surface area contributed by atoms with E-state index in [-0.39, 0.29) is 18.0 Å². The van der Waals surface area contributed by atoms with E-state index in [9.17, 15) is 9.90 Å². The Hall–Kier alpha value is -1.33. The summed E-state index contributed by atoms with van der Waals surface area (Å²) in [6.07, 6.45) is 1.26. The van der Waals surface area contributed by atoms with Gasteiger partial charge in [0.25, 0.3) is 0 Å². The lowest BCUT2D eigenvalue weighted by molar-refractivity contribution is -0.125. The van der Waals surface area contributed by atoms with Gasteiger partial charge in [-0.1, -0.05) is 0 Å². The third-order valence-corrected chi connectivity index (χ3v) is 2.99. The number of nitrogens with zero attached hydrogens (tertiary/aromatic N) is 1. The van der Waals surface area contributed by atoms with E-state index in [1.54, 1.807) is 12.1 Å². The van der Waals surface area contributed by atoms with Gasteiger partial charge in [0.2, 0.25) is 5.91 Å². The van der Waals surface area contributed by atoms with Crippen LogP contribution >= 0.6 is 0 Å². The van der Waals surface area contributed by atoms with Crippen molar-refractivity contribution < 1.29 is 14.3 Å². The molecule has 2 N–H and O–H groups in total. The Balaban J connectivity index is 2.42. The molecule has 5 nitrogen and oxygen atoms in total. The number of hydrogen-bond acceptors (Lipinski definition) is 4. The maximum Gasteiger partial charge on any atom is 0.237 e. The predicted octanol–water partition coefficient (Wildman–Crippen LogP) is 1.16. The van der Waals surface area contributed by atoms with E-state index >= 15 is 0 Å². The van der Waals surface area contributed by atoms with Gasteiger partial charge in [0.1, 0.15) is 11.9 Å². The molecule has 5 heteroatoms. The van der Waals surface area contributed by atoms with Gasteiger partial charge in [-0.05, 0) is 40.1 Å². The Morgan fingerprint density at radius 2 is 2.17 bits per heavy atom. The average Bonchev–Trinajstić information content (AvgIpc) is 2.80. The van der Waals surface area contributed by atoms with Gasteiger partial charge in [0, 0.05) is 12.5 Å². The Bertz CT molecular complexity index is 362. The molecule has 1 aromatic rings. The van der Waals surface area contributed by atoms with Crippen LogP contribution in [0.2, 0.25) is 0 Å². The molecule has 102 valence electrons. The number of furan rings is 1. The van der Waals surface area contributed by atoms with Crippen molar-refractivity contribution in [3.63, 3.8) is 0 Å². The Labute approximate surface area is 108 Å². The first-order valence-electron chi connectivity index (χ1n) is 6.10. The summed E-state index contributed by atoms with van der Waals surface area (Å²) < 4.78 is 5.12. The van der Waals surface area contributed by atoms with Crippen molar-refractivity contribution >= 4 is 5.91 Å². The van der Waals surface area contributed by atoms with Crippen LogP contribution in [0, 0.1) is 0 Å². The quantitative estimate of drug-likeness (QED) is 0.799. The summed E-state index contributed by atoms with van der Waals surface area (Å²) in [4.78, 5) is 13.6. The second kappa shape index (κ2) is 6.56. The largest absolute Gasteiger partial charge is 0.467 e. The van der Waals surface area contributed by atoms with Gasteiger partial charge < -0.3 is 14.8 Å². The van der Waals surface area contributed by atoms with E-state index in [0.29, 0.717) is 12.2 Å². The molecule has 0 aliphatic carbocycles. The molecule has 0 radical (unpaired) electrons. The van der Waals surface area contributed by atoms with Gasteiger partial charge in [0.15, 0.2) is 0 Å². The fourth-order valence-corrected chi connectivity index (χ4v) is 1.59. The molecule has 0 saturated heterocycles. The van der Waals surface area contributed by atoms with Crippen molar-refractivity contribution in [1.82, 2.24) is 10.2 Å². The second-order valence-corrected chi connectivity index (χ2v) is 4.82. The molecule has 0 fully saturated rings. The summed E-state index contributed by atoms with van der Waals surface area (Å²) in [6.45, 7) is 3.71. The Morgan fingerprint density at radius 1 is 1.50 bits per heavy atom. The minimum absolute atomic E-state index is 0.0425. The fourth-order valence-electron chi connectivity index (χ4n) is 1.59. The molecular formula is C13H22N2O3. The first-order chi connectivity index (χ1) is 8.41. The van der Waals surface area contributed by atoms with Crippen LogP contribution in [0.1, 0.15) is 32.1 Å². The van der Waals surface area contributed by atoms with Crippen molar-refractivity contribution in [1.29, 1.82) is 0 Å². The first kappa shape index (κ1) is 14.7. The number of rotatable bonds is 6. The van der Waals surface area contributed by atoms with Crippen molar-refractivity contribution in [2.24, 2.45) is 0 Å². The summed E-state index contributed by atoms with van der Waals surface area (Å²) in [7, 11) is 3.71. The molecule has 1 rings (SSSR count). The molecular weight excluding hydrogens is 232 g/mol. The molecule has 0 bridgehead atoms. The molecule has 3 atom stereocenters. The number of amides is 1. The smallest absolute Gasteiger partial charge is 0.237 e. The van der Waals surface area contributed by atoms with Gasteiger partial charge in [-0.25, -0.2) is 0 Å². The van der Waals surface area contributed by atoms with Crippen LogP contribution in [-0.2, 0) is 4.79 Å². The number of likely N-dealkylation sites (N-methyl/N-ethyl adjacent to an activating group) is 1. The highest BCUT2D eigenvalue weighted by Gasteiger charge is 2.20. The zero-order valence-electron chi connectivity index (χ0n) is 11.4. The number of carbonyl (C=O) groups excluding carboxylic acids is 1. The molecule has 0 aromatic carbocycles. The molecule has 0 spiro atoms. The lowest BCUT2D eigenvalue weighted by atomic mass is 10.1. The lowest BCUT2D eigenvalue weighted by Crippen LogP contribution is -2.45. The minimum Gasteiger partial charge on any atom is -0.467 e. The molecule has 1 aromatic heterocycles. The first-order valence-corrected chi connectivity index (χ1v) is 6.10. The summed E-state index contributed by atoms with van der Waals surface area (Å²) in [5.74, 6) is 0.482. The average molecular weight is 254 g/mol. The summed E-state index contributed by atoms with van der Waals surface area (Å²) in [6, 6.07) is 3.16. The van der Waals surface area contributed by atoms with Crippen molar-refractivity contribution in [2.75, 3.05) is 14.1 Å². The number of hydrogen-bond donors (Lipinski definition) is 2. The summed E-state index contributed by atoms with van der Waals surface area (Å²) in [5.41, 5.74) is 0. The zero-order chi connectivity index (χ0) is 13.7. The van der Waals surface area contributed by atoms with Crippen LogP contribution in [0.5, 0.6) is 0 Å². The van der Waals surface area contributed by atoms with Crippen LogP contribution in [0.15, 0.2) is 22.8 Å². The molecule has 0 saturated carbocycles. The Kier molecular flexibility index (Phi) is 5.37. The maximum absolute atomic E-state index is 11.8. The van der Waals surface area contributed by atoms with E-state index < -0.39 is 6.10 Å². The van der Waals surface area contributed by atoms with E-state index in [2.05, 4.69) is 5.32 Å².